The maximum Gasteiger partial charge on any atom is 0.285 e. The zero-order chi connectivity index (χ0) is 16.8. The van der Waals surface area contributed by atoms with Gasteiger partial charge in [0.1, 0.15) is 22.2 Å². The fourth-order valence-electron chi connectivity index (χ4n) is 1.92. The van der Waals surface area contributed by atoms with Crippen LogP contribution in [-0.4, -0.2) is 16.4 Å². The highest BCUT2D eigenvalue weighted by molar-refractivity contribution is 6.32. The third-order valence-corrected chi connectivity index (χ3v) is 3.41. The lowest BCUT2D eigenvalue weighted by Gasteiger charge is -2.06. The number of benzene rings is 2. The molecule has 2 aromatic carbocycles. The molecule has 0 amide bonds. The highest BCUT2D eigenvalue weighted by Crippen LogP contribution is 2.21. The topological polar surface area (TPSA) is 79.4 Å². The van der Waals surface area contributed by atoms with Crippen LogP contribution in [0.15, 0.2) is 70.7 Å². The average molecular weight is 341 g/mol. The number of rotatable bonds is 5. The number of ether oxygens (including phenoxy) is 1. The molecule has 0 atom stereocenters. The molecule has 0 aliphatic heterocycles. The van der Waals surface area contributed by atoms with Gasteiger partial charge in [0.25, 0.3) is 5.56 Å². The van der Waals surface area contributed by atoms with Crippen LogP contribution >= 0.6 is 11.6 Å². The molecule has 0 aliphatic rings. The van der Waals surface area contributed by atoms with Crippen molar-refractivity contribution in [2.45, 2.75) is 0 Å². The van der Waals surface area contributed by atoms with Gasteiger partial charge in [-0.25, -0.2) is 5.10 Å². The predicted molar refractivity (Wildman–Crippen MR) is 94.0 cm³/mol. The number of halogens is 1. The van der Waals surface area contributed by atoms with Gasteiger partial charge in [-0.2, -0.15) is 10.2 Å². The summed E-state index contributed by atoms with van der Waals surface area (Å²) in [6.07, 6.45) is 2.98. The summed E-state index contributed by atoms with van der Waals surface area (Å²) < 4.78 is 5.76. The summed E-state index contributed by atoms with van der Waals surface area (Å²) >= 11 is 5.85. The van der Waals surface area contributed by atoms with Crippen LogP contribution < -0.4 is 15.7 Å². The molecule has 0 aliphatic carbocycles. The van der Waals surface area contributed by atoms with Crippen molar-refractivity contribution in [2.75, 3.05) is 5.43 Å². The molecule has 24 heavy (non-hydrogen) atoms. The molecule has 2 N–H and O–H groups in total. The van der Waals surface area contributed by atoms with E-state index in [0.717, 1.165) is 11.3 Å². The first kappa shape index (κ1) is 15.8. The van der Waals surface area contributed by atoms with E-state index in [0.29, 0.717) is 11.4 Å². The first-order valence-corrected chi connectivity index (χ1v) is 7.45. The number of H-pyrrole nitrogens is 1. The van der Waals surface area contributed by atoms with Crippen molar-refractivity contribution in [3.63, 3.8) is 0 Å². The van der Waals surface area contributed by atoms with Gasteiger partial charge in [-0.05, 0) is 29.8 Å². The van der Waals surface area contributed by atoms with Crippen molar-refractivity contribution in [1.82, 2.24) is 10.2 Å². The largest absolute Gasteiger partial charge is 0.457 e. The molecule has 3 rings (SSSR count). The van der Waals surface area contributed by atoms with Gasteiger partial charge in [0.15, 0.2) is 0 Å². The summed E-state index contributed by atoms with van der Waals surface area (Å²) in [6.45, 7) is 0. The molecule has 0 spiro atoms. The second-order valence-corrected chi connectivity index (χ2v) is 5.16. The molecule has 3 aromatic rings. The Morgan fingerprint density at radius 1 is 1.12 bits per heavy atom. The Bertz CT molecular complexity index is 910. The van der Waals surface area contributed by atoms with E-state index in [1.165, 1.54) is 6.20 Å². The number of anilines is 1. The van der Waals surface area contributed by atoms with Crippen LogP contribution in [0.2, 0.25) is 5.02 Å². The van der Waals surface area contributed by atoms with Crippen LogP contribution in [0.3, 0.4) is 0 Å². The molecule has 0 radical (unpaired) electrons. The molecular weight excluding hydrogens is 328 g/mol. The van der Waals surface area contributed by atoms with E-state index in [-0.39, 0.29) is 5.02 Å². The molecule has 120 valence electrons. The minimum absolute atomic E-state index is 0.00307. The summed E-state index contributed by atoms with van der Waals surface area (Å²) in [4.78, 5) is 11.3. The first-order valence-electron chi connectivity index (χ1n) is 7.07. The Morgan fingerprint density at radius 3 is 2.75 bits per heavy atom. The van der Waals surface area contributed by atoms with E-state index in [9.17, 15) is 4.79 Å². The SMILES string of the molecule is O=c1[nH]ncc(N/N=C\c2cccc(Oc3ccccc3)c2)c1Cl. The van der Waals surface area contributed by atoms with Crippen molar-refractivity contribution in [1.29, 1.82) is 0 Å². The third-order valence-electron chi connectivity index (χ3n) is 3.03. The number of hydrazone groups is 1. The van der Waals surface area contributed by atoms with Gasteiger partial charge in [0.05, 0.1) is 12.4 Å². The van der Waals surface area contributed by atoms with Crippen molar-refractivity contribution >= 4 is 23.5 Å². The summed E-state index contributed by atoms with van der Waals surface area (Å²) in [7, 11) is 0. The van der Waals surface area contributed by atoms with Crippen molar-refractivity contribution in [3.8, 4) is 11.5 Å². The van der Waals surface area contributed by atoms with Crippen LogP contribution in [0.25, 0.3) is 0 Å². The fraction of sp³-hybridized carbons (Fsp3) is 0. The molecule has 1 aromatic heterocycles. The van der Waals surface area contributed by atoms with Gasteiger partial charge in [-0.3, -0.25) is 10.2 Å². The Balaban J connectivity index is 1.70. The summed E-state index contributed by atoms with van der Waals surface area (Å²) in [5, 5.41) is 9.94. The Kier molecular flexibility index (Phi) is 4.88. The minimum atomic E-state index is -0.477. The molecule has 7 heteroatoms. The lowest BCUT2D eigenvalue weighted by Crippen LogP contribution is -2.10. The van der Waals surface area contributed by atoms with Gasteiger partial charge < -0.3 is 4.74 Å². The zero-order valence-electron chi connectivity index (χ0n) is 12.4. The number of hydrogen-bond donors (Lipinski definition) is 2. The molecule has 0 bridgehead atoms. The van der Waals surface area contributed by atoms with Gasteiger partial charge >= 0.3 is 0 Å². The van der Waals surface area contributed by atoms with E-state index in [1.807, 2.05) is 54.6 Å². The van der Waals surface area contributed by atoms with Crippen LogP contribution in [0.5, 0.6) is 11.5 Å². The standard InChI is InChI=1S/C17H13ClN4O2/c18-16-15(11-20-22-17(16)23)21-19-10-12-5-4-8-14(9-12)24-13-6-2-1-3-7-13/h1-11H,(H2,21,22,23)/b19-10-. The number of aromatic amines is 1. The fourth-order valence-corrected chi connectivity index (χ4v) is 2.05. The maximum atomic E-state index is 11.3. The zero-order valence-corrected chi connectivity index (χ0v) is 13.2. The minimum Gasteiger partial charge on any atom is -0.457 e. The van der Waals surface area contributed by atoms with E-state index >= 15 is 0 Å². The molecule has 0 saturated carbocycles. The quantitative estimate of drug-likeness (QED) is 0.548. The second kappa shape index (κ2) is 7.43. The van der Waals surface area contributed by atoms with Gasteiger partial charge in [0.2, 0.25) is 0 Å². The maximum absolute atomic E-state index is 11.3. The molecule has 0 saturated heterocycles. The van der Waals surface area contributed by atoms with E-state index in [4.69, 9.17) is 16.3 Å². The third kappa shape index (κ3) is 3.99. The van der Waals surface area contributed by atoms with Crippen LogP contribution in [-0.2, 0) is 0 Å². The number of nitrogens with one attached hydrogen (secondary N) is 2. The van der Waals surface area contributed by atoms with E-state index in [2.05, 4.69) is 20.7 Å². The number of aromatic nitrogens is 2. The van der Waals surface area contributed by atoms with E-state index in [1.54, 1.807) is 6.21 Å². The van der Waals surface area contributed by atoms with Crippen molar-refractivity contribution < 1.29 is 4.74 Å². The number of para-hydroxylation sites is 1. The van der Waals surface area contributed by atoms with Gasteiger partial charge in [-0.15, -0.1) is 0 Å². The lowest BCUT2D eigenvalue weighted by atomic mass is 10.2. The van der Waals surface area contributed by atoms with Gasteiger partial charge in [0, 0.05) is 0 Å². The van der Waals surface area contributed by atoms with Gasteiger partial charge in [-0.1, -0.05) is 41.9 Å². The number of hydrogen-bond acceptors (Lipinski definition) is 5. The smallest absolute Gasteiger partial charge is 0.285 e. The number of nitrogens with zero attached hydrogens (tertiary/aromatic N) is 2. The molecule has 1 heterocycles. The Hall–Kier alpha value is -3.12. The van der Waals surface area contributed by atoms with Crippen LogP contribution in [0, 0.1) is 0 Å². The molecule has 0 unspecified atom stereocenters. The lowest BCUT2D eigenvalue weighted by molar-refractivity contribution is 0.482. The normalized spacial score (nSPS) is 10.7. The monoisotopic (exact) mass is 340 g/mol. The van der Waals surface area contributed by atoms with Crippen LogP contribution in [0.4, 0.5) is 5.69 Å². The summed E-state index contributed by atoms with van der Waals surface area (Å²) in [6, 6.07) is 16.9. The summed E-state index contributed by atoms with van der Waals surface area (Å²) in [5.74, 6) is 1.45. The highest BCUT2D eigenvalue weighted by atomic mass is 35.5. The molecule has 6 nitrogen and oxygen atoms in total. The first-order chi connectivity index (χ1) is 11.7. The summed E-state index contributed by atoms with van der Waals surface area (Å²) in [5.41, 5.74) is 3.36. The van der Waals surface area contributed by atoms with Crippen LogP contribution in [0.1, 0.15) is 5.56 Å². The van der Waals surface area contributed by atoms with Crippen molar-refractivity contribution in [3.05, 3.63) is 81.7 Å². The second-order valence-electron chi connectivity index (χ2n) is 4.78. The Labute approximate surface area is 142 Å². The highest BCUT2D eigenvalue weighted by Gasteiger charge is 2.03. The molecule has 0 fully saturated rings. The van der Waals surface area contributed by atoms with Crippen molar-refractivity contribution in [2.24, 2.45) is 5.10 Å². The predicted octanol–water partition coefficient (Wildman–Crippen LogP) is 3.66. The van der Waals surface area contributed by atoms with E-state index < -0.39 is 5.56 Å². The molecular formula is C17H13ClN4O2. The average Bonchev–Trinajstić information content (AvgIpc) is 2.60. The Morgan fingerprint density at radius 2 is 1.92 bits per heavy atom.